The Morgan fingerprint density at radius 3 is 2.80 bits per heavy atom. The van der Waals surface area contributed by atoms with Crippen LogP contribution >= 0.6 is 0 Å². The minimum atomic E-state index is 0.411. The molecule has 3 rings (SSSR count). The summed E-state index contributed by atoms with van der Waals surface area (Å²) in [5.41, 5.74) is 0. The van der Waals surface area contributed by atoms with Crippen LogP contribution in [0.4, 0.5) is 5.82 Å². The number of hydrogen-bond donors (Lipinski definition) is 0. The van der Waals surface area contributed by atoms with Crippen molar-refractivity contribution in [2.45, 2.75) is 25.4 Å². The Morgan fingerprint density at radius 2 is 2.10 bits per heavy atom. The van der Waals surface area contributed by atoms with Gasteiger partial charge in [-0.2, -0.15) is 0 Å². The highest BCUT2D eigenvalue weighted by Gasteiger charge is 2.21. The summed E-state index contributed by atoms with van der Waals surface area (Å²) in [5, 5.41) is 0. The smallest absolute Gasteiger partial charge is 0.128 e. The molecule has 0 saturated carbocycles. The summed E-state index contributed by atoms with van der Waals surface area (Å²) in [6.07, 6.45) is 14.3. The van der Waals surface area contributed by atoms with Crippen molar-refractivity contribution in [1.82, 2.24) is 4.98 Å². The van der Waals surface area contributed by atoms with Crippen LogP contribution in [0.5, 0.6) is 0 Å². The normalized spacial score (nSPS) is 23.2. The van der Waals surface area contributed by atoms with Gasteiger partial charge >= 0.3 is 0 Å². The molecule has 0 N–H and O–H groups in total. The monoisotopic (exact) mass is 270 g/mol. The summed E-state index contributed by atoms with van der Waals surface area (Å²) in [6, 6.07) is 6.10. The van der Waals surface area contributed by atoms with Crippen molar-refractivity contribution in [3.05, 3.63) is 48.7 Å². The molecule has 0 aromatic carbocycles. The van der Waals surface area contributed by atoms with Crippen LogP contribution in [0.2, 0.25) is 0 Å². The number of allylic oxidation sites excluding steroid dienone is 3. The average molecular weight is 270 g/mol. The number of hydrogen-bond acceptors (Lipinski definition) is 3. The first-order valence-electron chi connectivity index (χ1n) is 7.53. The van der Waals surface area contributed by atoms with E-state index in [4.69, 9.17) is 4.74 Å². The molecule has 2 heterocycles. The maximum Gasteiger partial charge on any atom is 0.128 e. The van der Waals surface area contributed by atoms with Crippen LogP contribution in [-0.2, 0) is 4.74 Å². The summed E-state index contributed by atoms with van der Waals surface area (Å²) >= 11 is 0. The topological polar surface area (TPSA) is 25.4 Å². The van der Waals surface area contributed by atoms with Crippen LogP contribution in [0.15, 0.2) is 48.7 Å². The minimum absolute atomic E-state index is 0.411. The maximum absolute atomic E-state index is 6.07. The highest BCUT2D eigenvalue weighted by Crippen LogP contribution is 2.20. The van der Waals surface area contributed by atoms with Gasteiger partial charge in [-0.05, 0) is 31.4 Å². The summed E-state index contributed by atoms with van der Waals surface area (Å²) in [6.45, 7) is 2.94. The summed E-state index contributed by atoms with van der Waals surface area (Å²) < 4.78 is 6.07. The number of aromatic nitrogens is 1. The molecule has 1 atom stereocenters. The first-order valence-corrected chi connectivity index (χ1v) is 7.53. The Labute approximate surface area is 121 Å². The zero-order chi connectivity index (χ0) is 13.6. The second-order valence-corrected chi connectivity index (χ2v) is 5.52. The van der Waals surface area contributed by atoms with Crippen LogP contribution in [0.1, 0.15) is 19.3 Å². The van der Waals surface area contributed by atoms with Crippen LogP contribution < -0.4 is 4.90 Å². The van der Waals surface area contributed by atoms with Crippen molar-refractivity contribution in [3.8, 4) is 0 Å². The Kier molecular flexibility index (Phi) is 4.49. The van der Waals surface area contributed by atoms with Crippen molar-refractivity contribution >= 4 is 5.82 Å². The second-order valence-electron chi connectivity index (χ2n) is 5.52. The lowest BCUT2D eigenvalue weighted by Gasteiger charge is -2.33. The molecule has 0 bridgehead atoms. The van der Waals surface area contributed by atoms with Gasteiger partial charge in [-0.15, -0.1) is 0 Å². The van der Waals surface area contributed by atoms with Crippen LogP contribution in [0.25, 0.3) is 0 Å². The minimum Gasteiger partial charge on any atom is -0.377 e. The lowest BCUT2D eigenvalue weighted by molar-refractivity contribution is 0.0234. The van der Waals surface area contributed by atoms with E-state index in [9.17, 15) is 0 Å². The van der Waals surface area contributed by atoms with E-state index in [-0.39, 0.29) is 0 Å². The predicted octanol–water partition coefficient (Wildman–Crippen LogP) is 3.20. The summed E-state index contributed by atoms with van der Waals surface area (Å²) in [4.78, 5) is 6.77. The molecule has 2 aliphatic rings. The van der Waals surface area contributed by atoms with E-state index >= 15 is 0 Å². The fraction of sp³-hybridized carbons (Fsp3) is 0.471. The quantitative estimate of drug-likeness (QED) is 0.840. The molecule has 3 heteroatoms. The number of piperidine rings is 1. The van der Waals surface area contributed by atoms with E-state index < -0.39 is 0 Å². The largest absolute Gasteiger partial charge is 0.377 e. The molecule has 0 radical (unpaired) electrons. The summed E-state index contributed by atoms with van der Waals surface area (Å²) in [5.74, 6) is 1.65. The molecule has 1 aromatic rings. The van der Waals surface area contributed by atoms with Crippen molar-refractivity contribution in [2.75, 3.05) is 24.6 Å². The second kappa shape index (κ2) is 6.71. The third-order valence-corrected chi connectivity index (χ3v) is 4.03. The van der Waals surface area contributed by atoms with Crippen molar-refractivity contribution < 1.29 is 4.74 Å². The van der Waals surface area contributed by atoms with E-state index in [1.165, 1.54) is 0 Å². The molecular weight excluding hydrogens is 248 g/mol. The molecule has 1 saturated heterocycles. The van der Waals surface area contributed by atoms with Gasteiger partial charge in [0.2, 0.25) is 0 Å². The first kappa shape index (κ1) is 13.4. The third kappa shape index (κ3) is 3.48. The first-order chi connectivity index (χ1) is 9.92. The van der Waals surface area contributed by atoms with E-state index in [1.807, 2.05) is 18.3 Å². The average Bonchev–Trinajstić information content (AvgIpc) is 2.55. The number of rotatable bonds is 4. The van der Waals surface area contributed by atoms with Gasteiger partial charge in [-0.3, -0.25) is 0 Å². The molecule has 0 amide bonds. The Morgan fingerprint density at radius 1 is 1.20 bits per heavy atom. The van der Waals surface area contributed by atoms with Gasteiger partial charge in [0.15, 0.2) is 0 Å². The van der Waals surface area contributed by atoms with E-state index in [0.29, 0.717) is 12.0 Å². The van der Waals surface area contributed by atoms with E-state index in [2.05, 4.69) is 40.3 Å². The number of anilines is 1. The molecule has 1 aliphatic carbocycles. The number of nitrogens with zero attached hydrogens (tertiary/aromatic N) is 2. The molecule has 20 heavy (non-hydrogen) atoms. The fourth-order valence-electron chi connectivity index (χ4n) is 2.81. The Balaban J connectivity index is 1.42. The fourth-order valence-corrected chi connectivity index (χ4v) is 2.81. The van der Waals surface area contributed by atoms with Gasteiger partial charge in [0.05, 0.1) is 12.7 Å². The Bertz CT molecular complexity index is 461. The van der Waals surface area contributed by atoms with E-state index in [1.54, 1.807) is 0 Å². The van der Waals surface area contributed by atoms with Gasteiger partial charge in [-0.25, -0.2) is 4.98 Å². The van der Waals surface area contributed by atoms with Gasteiger partial charge in [0, 0.05) is 25.2 Å². The highest BCUT2D eigenvalue weighted by atomic mass is 16.5. The number of pyridine rings is 1. The van der Waals surface area contributed by atoms with Crippen LogP contribution in [0.3, 0.4) is 0 Å². The zero-order valence-corrected chi connectivity index (χ0v) is 11.8. The van der Waals surface area contributed by atoms with Gasteiger partial charge < -0.3 is 9.64 Å². The molecule has 3 nitrogen and oxygen atoms in total. The number of ether oxygens (including phenoxy) is 1. The molecular formula is C17H22N2O. The molecule has 1 fully saturated rings. The molecule has 1 unspecified atom stereocenters. The molecule has 1 aliphatic heterocycles. The maximum atomic E-state index is 6.07. The lowest BCUT2D eigenvalue weighted by atomic mass is 10.0. The molecule has 1 aromatic heterocycles. The third-order valence-electron chi connectivity index (χ3n) is 4.03. The van der Waals surface area contributed by atoms with Crippen molar-refractivity contribution in [3.63, 3.8) is 0 Å². The standard InChI is InChI=1S/C17H22N2O/c1-2-6-15(7-3-1)14-20-16-9-12-19(13-10-16)17-8-4-5-11-18-17/h1-6,8,11,15-16H,7,9-10,12-14H2. The highest BCUT2D eigenvalue weighted by molar-refractivity contribution is 5.38. The van der Waals surface area contributed by atoms with Crippen LogP contribution in [-0.4, -0.2) is 30.8 Å². The Hall–Kier alpha value is -1.61. The van der Waals surface area contributed by atoms with E-state index in [0.717, 1.165) is 44.8 Å². The zero-order valence-electron chi connectivity index (χ0n) is 11.8. The van der Waals surface area contributed by atoms with Crippen molar-refractivity contribution in [2.24, 2.45) is 5.92 Å². The SMILES string of the molecule is C1=CCC(COC2CCN(c3ccccn3)CC2)C=C1. The van der Waals surface area contributed by atoms with Crippen LogP contribution in [0, 0.1) is 5.92 Å². The van der Waals surface area contributed by atoms with Gasteiger partial charge in [0.1, 0.15) is 5.82 Å². The van der Waals surface area contributed by atoms with Gasteiger partial charge in [0.25, 0.3) is 0 Å². The van der Waals surface area contributed by atoms with Crippen molar-refractivity contribution in [1.29, 1.82) is 0 Å². The molecule has 106 valence electrons. The lowest BCUT2D eigenvalue weighted by Crippen LogP contribution is -2.38. The molecule has 0 spiro atoms. The summed E-state index contributed by atoms with van der Waals surface area (Å²) in [7, 11) is 0. The van der Waals surface area contributed by atoms with Gasteiger partial charge in [-0.1, -0.05) is 30.4 Å². The predicted molar refractivity (Wildman–Crippen MR) is 81.8 cm³/mol.